The molecule has 8 aromatic carbocycles. The van der Waals surface area contributed by atoms with Gasteiger partial charge in [-0.25, -0.2) is 46.3 Å². The van der Waals surface area contributed by atoms with Crippen molar-refractivity contribution < 1.29 is 64.5 Å². The van der Waals surface area contributed by atoms with E-state index < -0.39 is 41.4 Å². The molecule has 28 nitrogen and oxygen atoms in total. The van der Waals surface area contributed by atoms with Gasteiger partial charge in [0.2, 0.25) is 29.6 Å². The van der Waals surface area contributed by atoms with Gasteiger partial charge in [0, 0.05) is 158 Å². The van der Waals surface area contributed by atoms with Crippen LogP contribution >= 0.6 is 0 Å². The van der Waals surface area contributed by atoms with Crippen molar-refractivity contribution in [2.45, 2.75) is 108 Å². The number of ether oxygens (including phenoxy) is 4. The molecule has 0 radical (unpaired) electrons. The van der Waals surface area contributed by atoms with Crippen molar-refractivity contribution in [1.29, 1.82) is 0 Å². The molecule has 34 heteroatoms. The van der Waals surface area contributed by atoms with Crippen LogP contribution in [0.5, 0.6) is 0 Å². The lowest BCUT2D eigenvalue weighted by molar-refractivity contribution is -0.124. The summed E-state index contributed by atoms with van der Waals surface area (Å²) in [6, 6.07) is 47.3. The Hall–Kier alpha value is -13.2. The molecule has 24 rings (SSSR count). The minimum atomic E-state index is -2.89. The summed E-state index contributed by atoms with van der Waals surface area (Å²) < 4.78 is 102. The smallest absolute Gasteiger partial charge is 0.260 e. The lowest BCUT2D eigenvalue weighted by Gasteiger charge is -2.32. The first-order chi connectivity index (χ1) is 63.0. The van der Waals surface area contributed by atoms with Gasteiger partial charge in [-0.2, -0.15) is 0 Å². The number of fused-ring (bicyclic) bond motifs is 8. The van der Waals surface area contributed by atoms with Crippen molar-refractivity contribution in [2.24, 2.45) is 43.6 Å². The molecule has 4 saturated carbocycles. The van der Waals surface area contributed by atoms with Crippen LogP contribution in [0, 0.1) is 23.7 Å². The maximum absolute atomic E-state index is 13.5. The molecule has 8 N–H and O–H groups in total. The predicted octanol–water partition coefficient (Wildman–Crippen LogP) is 14.7. The summed E-state index contributed by atoms with van der Waals surface area (Å²) in [6.07, 6.45) is 1.37. The quantitative estimate of drug-likeness (QED) is 0.0417. The number of aliphatic imine (C=N–C) groups is 4. The van der Waals surface area contributed by atoms with Crippen molar-refractivity contribution in [3.63, 3.8) is 0 Å². The summed E-state index contributed by atoms with van der Waals surface area (Å²) in [5.74, 6) is -9.72. The number of hydrogen-bond donors (Lipinski definition) is 8. The number of H-pyrrole nitrogens is 4. The number of alkyl halides is 6. The number of anilines is 8. The average molecular weight is 1770 g/mol. The van der Waals surface area contributed by atoms with Gasteiger partial charge in [0.15, 0.2) is 23.3 Å². The molecule has 0 bridgehead atoms. The highest BCUT2D eigenvalue weighted by Crippen LogP contribution is 2.51. The van der Waals surface area contributed by atoms with E-state index in [1.807, 2.05) is 66.7 Å². The maximum Gasteiger partial charge on any atom is 0.260 e. The number of hydrogen-bond acceptors (Lipinski definition) is 20. The highest BCUT2D eigenvalue weighted by atomic mass is 19.3. The number of aromatic nitrogens is 8. The zero-order valence-corrected chi connectivity index (χ0v) is 71.2. The van der Waals surface area contributed by atoms with Gasteiger partial charge in [0.05, 0.1) is 123 Å². The number of amides is 4. The summed E-state index contributed by atoms with van der Waals surface area (Å²) in [5, 5.41) is 11.2. The molecule has 4 aromatic heterocycles. The van der Waals surface area contributed by atoms with Gasteiger partial charge in [-0.05, 0) is 176 Å². The maximum atomic E-state index is 13.5. The van der Waals surface area contributed by atoms with Gasteiger partial charge in [-0.15, -0.1) is 0 Å². The number of rotatable bonds is 16. The second-order valence-electron chi connectivity index (χ2n) is 35.1. The first-order valence-electron chi connectivity index (χ1n) is 44.5. The number of aromatic amines is 4. The van der Waals surface area contributed by atoms with Crippen LogP contribution < -0.4 is 40.9 Å². The van der Waals surface area contributed by atoms with Crippen LogP contribution in [0.4, 0.5) is 71.8 Å². The van der Waals surface area contributed by atoms with Crippen molar-refractivity contribution >= 4 is 136 Å². The number of benzene rings is 8. The van der Waals surface area contributed by atoms with Gasteiger partial charge >= 0.3 is 0 Å². The van der Waals surface area contributed by atoms with Crippen LogP contribution in [-0.2, 0) is 64.3 Å². The summed E-state index contributed by atoms with van der Waals surface area (Å²) in [7, 11) is 0. The number of imidazole rings is 4. The second kappa shape index (κ2) is 34.4. The Balaban J connectivity index is 0.000000105. The van der Waals surface area contributed by atoms with E-state index in [1.54, 1.807) is 24.3 Å². The van der Waals surface area contributed by atoms with Gasteiger partial charge in [0.1, 0.15) is 34.7 Å². The van der Waals surface area contributed by atoms with E-state index in [0.29, 0.717) is 78.7 Å². The topological polar surface area (TPSA) is 330 Å². The molecule has 12 heterocycles. The molecule has 4 saturated heterocycles. The lowest BCUT2D eigenvalue weighted by atomic mass is 9.86. The summed E-state index contributed by atoms with van der Waals surface area (Å²) in [4.78, 5) is 110. The molecular weight excluding hydrogens is 1680 g/mol. The standard InChI is InChI=1S/C26H27F2N5O2.C24H23F2N5O2.C23H21F2N5O2.C23H23N5O2/c27-26(28)7-5-16(6-8-26)25(34)30-18-2-1-17-15-29-23(20(17)13-18)24-31-21-4-3-19(14-22(21)32-24)33-9-11-35-12-10-33;1-13-12-31(6-7-33-13)16-4-5-19-20(9-16)30-22(29-19)21-17-8-15(3-2-14(17)11-27-21)28-23(32)18-10-24(18,25)26;24-23(25)11-17(23)22(31)27-14-2-1-13-12-26-20(16(13)9-14)21-28-18-4-3-15(10-19(18)29-21)30-5-7-32-8-6-30;29-23(14-1-2-14)25-16-4-3-15-13-24-21(18(15)11-16)22-26-19-6-5-17(12-20(19)27-22)28-7-9-30-10-8-28/h1-4,13-14,16H,5-12,15H2,(H,30,34)(H,31,32);2-5,8-9,13,18H,6-7,10-12H2,1H3,(H,28,32)(H,29,30);1-4,9-10,17H,5-8,11-12H2,(H,27,31)(H,28,29);3-6,11-12,14H,1-2,7-10,13H2,(H,25,29)(H,26,27). The third-order valence-electron chi connectivity index (χ3n) is 26.0. The highest BCUT2D eigenvalue weighted by Gasteiger charge is 2.62. The van der Waals surface area contributed by atoms with Gasteiger partial charge < -0.3 is 79.8 Å². The molecule has 0 spiro atoms. The van der Waals surface area contributed by atoms with Gasteiger partial charge in [0.25, 0.3) is 11.8 Å². The third-order valence-corrected chi connectivity index (χ3v) is 26.0. The van der Waals surface area contributed by atoms with Crippen molar-refractivity contribution in [3.05, 3.63) is 213 Å². The highest BCUT2D eigenvalue weighted by molar-refractivity contribution is 6.18. The Morgan fingerprint density at radius 1 is 0.362 bits per heavy atom. The summed E-state index contributed by atoms with van der Waals surface area (Å²) in [5.41, 5.74) is 25.1. The van der Waals surface area contributed by atoms with E-state index in [0.717, 1.165) is 233 Å². The summed E-state index contributed by atoms with van der Waals surface area (Å²) >= 11 is 0. The van der Waals surface area contributed by atoms with Crippen LogP contribution in [-0.4, -0.2) is 209 Å². The normalized spacial score (nSPS) is 20.8. The number of nitrogens with zero attached hydrogens (tertiary/aromatic N) is 12. The summed E-state index contributed by atoms with van der Waals surface area (Å²) in [6.45, 7) is 16.3. The molecule has 8 fully saturated rings. The molecule has 130 heavy (non-hydrogen) atoms. The molecule has 3 unspecified atom stereocenters. The Labute approximate surface area is 741 Å². The SMILES string of the molecule is CC1CN(c2ccc3nc(C4=NCc5ccc(NC(=O)C6CC6(F)F)cc54)[nH]c3c2)CCO1.O=C(Nc1ccc2c(c1)C(c1nc3ccc(N4CCOCC4)cc3[nH]1)=NC2)C1CC1.O=C(Nc1ccc2c(c1)C(c1nc3ccc(N4CCOCC4)cc3[nH]1)=NC2)C1CC1(F)F.O=C(Nc1ccc2c(c1)C(c1nc3ccc(N4CCOCC4)cc3[nH]1)=NC2)C1CCC(F)(F)CC1. The van der Waals surface area contributed by atoms with Gasteiger partial charge in [-0.1, -0.05) is 24.3 Å². The van der Waals surface area contributed by atoms with Crippen molar-refractivity contribution in [2.75, 3.05) is 139 Å². The fourth-order valence-electron chi connectivity index (χ4n) is 18.2. The molecule has 3 atom stereocenters. The zero-order valence-electron chi connectivity index (χ0n) is 71.2. The number of nitrogens with one attached hydrogen (secondary N) is 8. The van der Waals surface area contributed by atoms with E-state index in [4.69, 9.17) is 48.9 Å². The minimum absolute atomic E-state index is 0.116. The van der Waals surface area contributed by atoms with Crippen LogP contribution in [0.2, 0.25) is 0 Å². The first kappa shape index (κ1) is 83.7. The van der Waals surface area contributed by atoms with Crippen molar-refractivity contribution in [1.82, 2.24) is 39.9 Å². The molecular formula is C96H94F6N20O8. The van der Waals surface area contributed by atoms with Crippen LogP contribution in [0.1, 0.15) is 126 Å². The predicted molar refractivity (Wildman–Crippen MR) is 484 cm³/mol. The zero-order chi connectivity index (χ0) is 88.7. The van der Waals surface area contributed by atoms with E-state index >= 15 is 0 Å². The molecule has 12 aliphatic rings. The number of halogens is 6. The van der Waals surface area contributed by atoms with Crippen LogP contribution in [0.15, 0.2) is 166 Å². The lowest BCUT2D eigenvalue weighted by Crippen LogP contribution is -2.41. The number of carbonyl (C=O) groups is 4. The second-order valence-corrected chi connectivity index (χ2v) is 35.1. The molecule has 12 aromatic rings. The Morgan fingerprint density at radius 2 is 0.646 bits per heavy atom. The van der Waals surface area contributed by atoms with E-state index in [2.05, 4.69) is 132 Å². The van der Waals surface area contributed by atoms with E-state index in [9.17, 15) is 45.5 Å². The van der Waals surface area contributed by atoms with Gasteiger partial charge in [-0.3, -0.25) is 39.1 Å². The largest absolute Gasteiger partial charge is 0.378 e. The Morgan fingerprint density at radius 3 is 0.938 bits per heavy atom. The minimum Gasteiger partial charge on any atom is -0.378 e. The number of morpholine rings is 4. The average Bonchev–Trinajstić information content (AvgIpc) is 1.64. The molecule has 8 aliphatic heterocycles. The van der Waals surface area contributed by atoms with E-state index in [1.165, 1.54) is 5.69 Å². The monoisotopic (exact) mass is 1770 g/mol. The fraction of sp³-hybridized carbons (Fsp3) is 0.375. The fourth-order valence-corrected chi connectivity index (χ4v) is 18.2. The van der Waals surface area contributed by atoms with E-state index in [-0.39, 0.29) is 68.3 Å². The van der Waals surface area contributed by atoms with Crippen LogP contribution in [0.3, 0.4) is 0 Å². The third kappa shape index (κ3) is 17.7. The molecule has 4 aliphatic carbocycles. The first-order valence-corrected chi connectivity index (χ1v) is 44.5. The van der Waals surface area contributed by atoms with Crippen LogP contribution in [0.25, 0.3) is 44.1 Å². The van der Waals surface area contributed by atoms with Crippen molar-refractivity contribution in [3.8, 4) is 0 Å². The molecule has 668 valence electrons. The molecule has 4 amide bonds. The number of carbonyl (C=O) groups excluding carboxylic acids is 4. The Kier molecular flexibility index (Phi) is 22.1. The Bertz CT molecular complexity index is 6600.